The molecule has 1 aliphatic heterocycles. The second kappa shape index (κ2) is 6.48. The molecule has 0 radical (unpaired) electrons. The first kappa shape index (κ1) is 18.3. The molecule has 2 rings (SSSR count). The Labute approximate surface area is 137 Å². The van der Waals surface area contributed by atoms with Gasteiger partial charge < -0.3 is 10.8 Å². The molecule has 0 aliphatic carbocycles. The summed E-state index contributed by atoms with van der Waals surface area (Å²) < 4.78 is 50.5. The van der Waals surface area contributed by atoms with Crippen LogP contribution >= 0.6 is 0 Å². The van der Waals surface area contributed by atoms with Gasteiger partial charge in [0.25, 0.3) is 0 Å². The third kappa shape index (κ3) is 3.74. The molecule has 3 N–H and O–H groups in total. The van der Waals surface area contributed by atoms with E-state index in [0.29, 0.717) is 5.56 Å². The zero-order valence-electron chi connectivity index (χ0n) is 13.1. The van der Waals surface area contributed by atoms with Gasteiger partial charge in [0.2, 0.25) is 10.0 Å². The molecule has 23 heavy (non-hydrogen) atoms. The van der Waals surface area contributed by atoms with Crippen molar-refractivity contribution in [1.29, 1.82) is 0 Å². The molecular formula is C14H22N2O5S2. The van der Waals surface area contributed by atoms with Crippen molar-refractivity contribution in [3.63, 3.8) is 0 Å². The monoisotopic (exact) mass is 362 g/mol. The minimum Gasteiger partial charge on any atom is -0.390 e. The Balaban J connectivity index is 2.50. The molecule has 130 valence electrons. The molecule has 0 spiro atoms. The number of benzene rings is 1. The maximum absolute atomic E-state index is 13.0. The highest BCUT2D eigenvalue weighted by atomic mass is 32.2. The van der Waals surface area contributed by atoms with Crippen LogP contribution in [0.4, 0.5) is 0 Å². The predicted octanol–water partition coefficient (Wildman–Crippen LogP) is -0.589. The van der Waals surface area contributed by atoms with Crippen molar-refractivity contribution in [2.75, 3.05) is 24.6 Å². The van der Waals surface area contributed by atoms with E-state index in [4.69, 9.17) is 5.73 Å². The molecule has 0 bridgehead atoms. The molecular weight excluding hydrogens is 340 g/mol. The van der Waals surface area contributed by atoms with E-state index < -0.39 is 43.5 Å². The molecule has 0 aromatic heterocycles. The largest absolute Gasteiger partial charge is 0.390 e. The lowest BCUT2D eigenvalue weighted by molar-refractivity contribution is 0.129. The van der Waals surface area contributed by atoms with E-state index in [1.807, 2.05) is 0 Å². The molecule has 0 saturated carbocycles. The van der Waals surface area contributed by atoms with Gasteiger partial charge in [-0.3, -0.25) is 0 Å². The molecule has 1 aromatic carbocycles. The van der Waals surface area contributed by atoms with Crippen molar-refractivity contribution < 1.29 is 21.9 Å². The van der Waals surface area contributed by atoms with Gasteiger partial charge in [-0.2, -0.15) is 4.31 Å². The predicted molar refractivity (Wildman–Crippen MR) is 87.3 cm³/mol. The minimum atomic E-state index is -3.95. The first-order chi connectivity index (χ1) is 10.6. The molecule has 0 unspecified atom stereocenters. The molecule has 1 aliphatic rings. The number of sulfone groups is 1. The Morgan fingerprint density at radius 2 is 1.96 bits per heavy atom. The summed E-state index contributed by atoms with van der Waals surface area (Å²) in [6.07, 6.45) is -1.24. The first-order valence-electron chi connectivity index (χ1n) is 7.26. The maximum atomic E-state index is 13.0. The van der Waals surface area contributed by atoms with Gasteiger partial charge in [0.1, 0.15) is 0 Å². The smallest absolute Gasteiger partial charge is 0.243 e. The Morgan fingerprint density at radius 1 is 1.30 bits per heavy atom. The lowest BCUT2D eigenvalue weighted by atomic mass is 10.2. The fourth-order valence-electron chi connectivity index (χ4n) is 2.79. The number of rotatable bonds is 5. The van der Waals surface area contributed by atoms with Crippen LogP contribution in [0.2, 0.25) is 0 Å². The van der Waals surface area contributed by atoms with Gasteiger partial charge >= 0.3 is 0 Å². The third-order valence-electron chi connectivity index (χ3n) is 3.94. The highest BCUT2D eigenvalue weighted by molar-refractivity contribution is 7.92. The van der Waals surface area contributed by atoms with Crippen LogP contribution in [0.3, 0.4) is 0 Å². The van der Waals surface area contributed by atoms with E-state index >= 15 is 0 Å². The number of hydrogen-bond acceptors (Lipinski definition) is 6. The van der Waals surface area contributed by atoms with Crippen molar-refractivity contribution in [2.24, 2.45) is 5.73 Å². The number of nitrogens with zero attached hydrogens (tertiary/aromatic N) is 1. The summed E-state index contributed by atoms with van der Waals surface area (Å²) in [5.41, 5.74) is 6.86. The fraction of sp³-hybridized carbons (Fsp3) is 0.571. The molecule has 1 aromatic rings. The quantitative estimate of drug-likeness (QED) is 0.723. The molecule has 1 saturated heterocycles. The maximum Gasteiger partial charge on any atom is 0.243 e. The number of aliphatic hydroxyl groups excluding tert-OH is 1. The van der Waals surface area contributed by atoms with E-state index in [1.165, 1.54) is 0 Å². The van der Waals surface area contributed by atoms with Gasteiger partial charge in [0.15, 0.2) is 9.84 Å². The van der Waals surface area contributed by atoms with E-state index in [-0.39, 0.29) is 18.0 Å². The molecule has 2 atom stereocenters. The van der Waals surface area contributed by atoms with E-state index in [9.17, 15) is 21.9 Å². The van der Waals surface area contributed by atoms with Crippen LogP contribution < -0.4 is 5.73 Å². The van der Waals surface area contributed by atoms with Gasteiger partial charge in [-0.25, -0.2) is 16.8 Å². The van der Waals surface area contributed by atoms with E-state index in [2.05, 4.69) is 0 Å². The van der Waals surface area contributed by atoms with Gasteiger partial charge in [0.05, 0.1) is 28.5 Å². The average Bonchev–Trinajstić information content (AvgIpc) is 2.71. The summed E-state index contributed by atoms with van der Waals surface area (Å²) >= 11 is 0. The number of nitrogens with two attached hydrogens (primary N) is 1. The Hall–Kier alpha value is -1.00. The normalized spacial score (nSPS) is 24.2. The van der Waals surface area contributed by atoms with E-state index in [0.717, 1.165) is 9.87 Å². The SMILES string of the molecule is Cc1ccc(C)c(S(=O)(=O)N(CCN)[C@H]2CS(=O)(=O)C[C@@H]2O)c1. The third-order valence-corrected chi connectivity index (χ3v) is 7.71. The zero-order chi connectivity index (χ0) is 17.4. The summed E-state index contributed by atoms with van der Waals surface area (Å²) in [4.78, 5) is 0.113. The first-order valence-corrected chi connectivity index (χ1v) is 10.5. The van der Waals surface area contributed by atoms with Gasteiger partial charge in [-0.15, -0.1) is 0 Å². The Morgan fingerprint density at radius 3 is 2.48 bits per heavy atom. The van der Waals surface area contributed by atoms with Crippen molar-refractivity contribution in [3.05, 3.63) is 29.3 Å². The second-order valence-corrected chi connectivity index (χ2v) is 9.90. The Bertz CT molecular complexity index is 789. The fourth-order valence-corrected chi connectivity index (χ4v) is 6.66. The van der Waals surface area contributed by atoms with Crippen molar-refractivity contribution in [2.45, 2.75) is 30.9 Å². The molecule has 7 nitrogen and oxygen atoms in total. The second-order valence-electron chi connectivity index (χ2n) is 5.88. The van der Waals surface area contributed by atoms with Crippen LogP contribution in [-0.4, -0.2) is 63.0 Å². The lowest BCUT2D eigenvalue weighted by Gasteiger charge is -2.29. The number of sulfonamides is 1. The summed E-state index contributed by atoms with van der Waals surface area (Å²) in [7, 11) is -7.42. The molecule has 1 heterocycles. The summed E-state index contributed by atoms with van der Waals surface area (Å²) in [5.74, 6) is -0.820. The molecule has 0 amide bonds. The number of aliphatic hydroxyl groups is 1. The average molecular weight is 362 g/mol. The van der Waals surface area contributed by atoms with Gasteiger partial charge in [-0.1, -0.05) is 12.1 Å². The zero-order valence-corrected chi connectivity index (χ0v) is 14.8. The van der Waals surface area contributed by atoms with Crippen LogP contribution in [0.25, 0.3) is 0 Å². The van der Waals surface area contributed by atoms with Crippen molar-refractivity contribution in [3.8, 4) is 0 Å². The number of hydrogen-bond donors (Lipinski definition) is 2. The van der Waals surface area contributed by atoms with Crippen LogP contribution in [0.1, 0.15) is 11.1 Å². The van der Waals surface area contributed by atoms with Crippen molar-refractivity contribution in [1.82, 2.24) is 4.31 Å². The van der Waals surface area contributed by atoms with Crippen LogP contribution in [-0.2, 0) is 19.9 Å². The highest BCUT2D eigenvalue weighted by Gasteiger charge is 2.44. The van der Waals surface area contributed by atoms with E-state index in [1.54, 1.807) is 32.0 Å². The summed E-state index contributed by atoms with van der Waals surface area (Å²) in [5, 5.41) is 10.0. The summed E-state index contributed by atoms with van der Waals surface area (Å²) in [6.45, 7) is 3.44. The number of aryl methyl sites for hydroxylation is 2. The molecule has 9 heteroatoms. The van der Waals surface area contributed by atoms with Crippen LogP contribution in [0.5, 0.6) is 0 Å². The standard InChI is InChI=1S/C14H22N2O5S2/c1-10-3-4-11(2)14(7-10)23(20,21)16(6-5-15)12-8-22(18,19)9-13(12)17/h3-4,7,12-13,17H,5-6,8-9,15H2,1-2H3/t12-,13-/m0/s1. The summed E-state index contributed by atoms with van der Waals surface area (Å²) in [6, 6.07) is 4.04. The van der Waals surface area contributed by atoms with Gasteiger partial charge in [-0.05, 0) is 31.0 Å². The van der Waals surface area contributed by atoms with Crippen LogP contribution in [0.15, 0.2) is 23.1 Å². The lowest BCUT2D eigenvalue weighted by Crippen LogP contribution is -2.48. The minimum absolute atomic E-state index is 0.0351. The topological polar surface area (TPSA) is 118 Å². The molecule has 1 fully saturated rings. The van der Waals surface area contributed by atoms with Crippen molar-refractivity contribution >= 4 is 19.9 Å². The Kier molecular flexibility index (Phi) is 5.17. The van der Waals surface area contributed by atoms with Gasteiger partial charge in [0, 0.05) is 13.1 Å². The van der Waals surface area contributed by atoms with Crippen LogP contribution in [0, 0.1) is 13.8 Å². The highest BCUT2D eigenvalue weighted by Crippen LogP contribution is 2.27.